The van der Waals surface area contributed by atoms with Crippen LogP contribution in [0.2, 0.25) is 0 Å². The summed E-state index contributed by atoms with van der Waals surface area (Å²) in [5, 5.41) is 0. The number of unbranched alkanes of at least 4 members (excludes halogenated alkanes) is 1. The minimum Gasteiger partial charge on any atom is -0.462 e. The van der Waals surface area contributed by atoms with Crippen molar-refractivity contribution in [1.29, 1.82) is 0 Å². The third-order valence-electron chi connectivity index (χ3n) is 6.08. The van der Waals surface area contributed by atoms with Gasteiger partial charge in [-0.2, -0.15) is 0 Å². The first-order chi connectivity index (χ1) is 13.0. The maximum Gasteiger partial charge on any atom is 0.338 e. The molecule has 0 aromatic heterocycles. The fourth-order valence-corrected chi connectivity index (χ4v) is 6.62. The summed E-state index contributed by atoms with van der Waals surface area (Å²) in [5.41, 5.74) is 0.955. The zero-order valence-corrected chi connectivity index (χ0v) is 18.1. The van der Waals surface area contributed by atoms with Crippen LogP contribution >= 0.6 is 31.9 Å². The van der Waals surface area contributed by atoms with Crippen molar-refractivity contribution in [3.63, 3.8) is 0 Å². The van der Waals surface area contributed by atoms with E-state index < -0.39 is 0 Å². The molecule has 1 aliphatic heterocycles. The van der Waals surface area contributed by atoms with Gasteiger partial charge in [0.25, 0.3) is 0 Å². The number of anilines is 1. The molecule has 27 heavy (non-hydrogen) atoms. The van der Waals surface area contributed by atoms with Crippen LogP contribution in [0.25, 0.3) is 0 Å². The third kappa shape index (κ3) is 2.97. The molecule has 1 aromatic carbocycles. The Balaban J connectivity index is 1.52. The summed E-state index contributed by atoms with van der Waals surface area (Å²) in [6.07, 6.45) is 2.70. The predicted octanol–water partition coefficient (Wildman–Crippen LogP) is 3.93. The van der Waals surface area contributed by atoms with Crippen LogP contribution in [0.3, 0.4) is 0 Å². The van der Waals surface area contributed by atoms with Gasteiger partial charge in [0.2, 0.25) is 11.8 Å². The number of hydrogen-bond donors (Lipinski definition) is 0. The van der Waals surface area contributed by atoms with Gasteiger partial charge in [-0.05, 0) is 48.9 Å². The second kappa shape index (κ2) is 7.32. The number of imide groups is 1. The maximum absolute atomic E-state index is 13.0. The molecule has 1 aromatic rings. The van der Waals surface area contributed by atoms with Crippen LogP contribution < -0.4 is 4.90 Å². The number of fused-ring (bicyclic) bond motifs is 5. The molecule has 6 atom stereocenters. The number of halogens is 2. The van der Waals surface area contributed by atoms with Crippen molar-refractivity contribution in [2.45, 2.75) is 35.8 Å². The van der Waals surface area contributed by atoms with E-state index in [-0.39, 0.29) is 51.1 Å². The Morgan fingerprint density at radius 3 is 2.15 bits per heavy atom. The number of carbonyl (C=O) groups excluding carboxylic acids is 3. The van der Waals surface area contributed by atoms with Crippen LogP contribution in [0.4, 0.5) is 5.69 Å². The lowest BCUT2D eigenvalue weighted by Crippen LogP contribution is -2.37. The molecule has 0 N–H and O–H groups in total. The number of carbonyl (C=O) groups is 3. The Hall–Kier alpha value is -1.21. The molecule has 144 valence electrons. The lowest BCUT2D eigenvalue weighted by Gasteiger charge is -2.28. The molecular formula is C20H21Br2NO4. The first kappa shape index (κ1) is 19.1. The van der Waals surface area contributed by atoms with Gasteiger partial charge in [0, 0.05) is 9.65 Å². The Kier molecular flexibility index (Phi) is 5.18. The maximum atomic E-state index is 13.0. The lowest BCUT2D eigenvalue weighted by molar-refractivity contribution is -0.123. The number of ether oxygens (including phenoxy) is 1. The van der Waals surface area contributed by atoms with E-state index in [9.17, 15) is 14.4 Å². The van der Waals surface area contributed by atoms with Crippen molar-refractivity contribution in [3.8, 4) is 0 Å². The Bertz CT molecular complexity index is 749. The highest BCUT2D eigenvalue weighted by molar-refractivity contribution is 9.12. The van der Waals surface area contributed by atoms with Crippen LogP contribution in [-0.4, -0.2) is 34.0 Å². The lowest BCUT2D eigenvalue weighted by atomic mass is 9.81. The molecule has 1 heterocycles. The number of amides is 2. The average Bonchev–Trinajstić information content (AvgIpc) is 3.27. The molecule has 2 bridgehead atoms. The number of alkyl halides is 2. The van der Waals surface area contributed by atoms with E-state index in [1.54, 1.807) is 24.3 Å². The zero-order chi connectivity index (χ0) is 19.3. The van der Waals surface area contributed by atoms with Crippen molar-refractivity contribution in [2.75, 3.05) is 11.5 Å². The molecule has 3 fully saturated rings. The molecule has 4 rings (SSSR count). The molecule has 0 radical (unpaired) electrons. The third-order valence-corrected chi connectivity index (χ3v) is 9.29. The Morgan fingerprint density at radius 1 is 1.07 bits per heavy atom. The van der Waals surface area contributed by atoms with E-state index >= 15 is 0 Å². The Labute approximate surface area is 175 Å². The highest BCUT2D eigenvalue weighted by Crippen LogP contribution is 2.60. The number of esters is 1. The van der Waals surface area contributed by atoms with Gasteiger partial charge in [-0.15, -0.1) is 0 Å². The van der Waals surface area contributed by atoms with Gasteiger partial charge in [0.15, 0.2) is 0 Å². The number of hydrogen-bond acceptors (Lipinski definition) is 4. The summed E-state index contributed by atoms with van der Waals surface area (Å²) in [7, 11) is 0. The van der Waals surface area contributed by atoms with Gasteiger partial charge in [0.05, 0.1) is 29.7 Å². The normalized spacial score (nSPS) is 34.3. The highest BCUT2D eigenvalue weighted by atomic mass is 79.9. The molecule has 1 saturated heterocycles. The Morgan fingerprint density at radius 2 is 1.63 bits per heavy atom. The van der Waals surface area contributed by atoms with Crippen molar-refractivity contribution in [1.82, 2.24) is 0 Å². The van der Waals surface area contributed by atoms with Crippen LogP contribution in [0.15, 0.2) is 24.3 Å². The van der Waals surface area contributed by atoms with Crippen LogP contribution in [0.5, 0.6) is 0 Å². The first-order valence-corrected chi connectivity index (χ1v) is 11.2. The van der Waals surface area contributed by atoms with Crippen molar-refractivity contribution >= 4 is 55.3 Å². The van der Waals surface area contributed by atoms with E-state index in [0.717, 1.165) is 19.3 Å². The second-order valence-electron chi connectivity index (χ2n) is 7.55. The number of rotatable bonds is 5. The highest BCUT2D eigenvalue weighted by Gasteiger charge is 2.66. The van der Waals surface area contributed by atoms with Crippen molar-refractivity contribution in [3.05, 3.63) is 29.8 Å². The van der Waals surface area contributed by atoms with Gasteiger partial charge in [-0.3, -0.25) is 14.5 Å². The molecule has 0 spiro atoms. The molecule has 2 saturated carbocycles. The van der Waals surface area contributed by atoms with Gasteiger partial charge in [-0.25, -0.2) is 4.79 Å². The largest absolute Gasteiger partial charge is 0.462 e. The van der Waals surface area contributed by atoms with E-state index in [2.05, 4.69) is 31.9 Å². The predicted molar refractivity (Wildman–Crippen MR) is 108 cm³/mol. The second-order valence-corrected chi connectivity index (χ2v) is 9.67. The molecule has 3 aliphatic rings. The van der Waals surface area contributed by atoms with E-state index in [4.69, 9.17) is 4.74 Å². The summed E-state index contributed by atoms with van der Waals surface area (Å²) >= 11 is 7.38. The average molecular weight is 499 g/mol. The quantitative estimate of drug-likeness (QED) is 0.267. The number of nitrogens with zero attached hydrogens (tertiary/aromatic N) is 1. The zero-order valence-electron chi connectivity index (χ0n) is 14.9. The molecule has 2 amide bonds. The van der Waals surface area contributed by atoms with Gasteiger partial charge in [-0.1, -0.05) is 45.2 Å². The summed E-state index contributed by atoms with van der Waals surface area (Å²) in [4.78, 5) is 39.8. The van der Waals surface area contributed by atoms with E-state index in [1.165, 1.54) is 4.90 Å². The summed E-state index contributed by atoms with van der Waals surface area (Å²) in [6.45, 7) is 2.43. The molecule has 7 heteroatoms. The molecule has 2 aliphatic carbocycles. The van der Waals surface area contributed by atoms with Crippen molar-refractivity contribution in [2.24, 2.45) is 23.7 Å². The first-order valence-electron chi connectivity index (χ1n) is 9.38. The topological polar surface area (TPSA) is 63.7 Å². The SMILES string of the molecule is CCCCOC(=O)c1ccc(N2C(=O)[C@@H]3[C@@H]4C[C@@H]([C@H](Br)[C@@H]4Br)[C@@H]3C2=O)cc1. The van der Waals surface area contributed by atoms with Gasteiger partial charge >= 0.3 is 5.97 Å². The van der Waals surface area contributed by atoms with Crippen LogP contribution in [0.1, 0.15) is 36.5 Å². The van der Waals surface area contributed by atoms with Crippen LogP contribution in [-0.2, 0) is 14.3 Å². The van der Waals surface area contributed by atoms with E-state index in [1.807, 2.05) is 6.92 Å². The van der Waals surface area contributed by atoms with Crippen molar-refractivity contribution < 1.29 is 19.1 Å². The fourth-order valence-electron chi connectivity index (χ4n) is 4.74. The molecule has 5 nitrogen and oxygen atoms in total. The monoisotopic (exact) mass is 497 g/mol. The summed E-state index contributed by atoms with van der Waals surface area (Å²) < 4.78 is 5.20. The van der Waals surface area contributed by atoms with Gasteiger partial charge < -0.3 is 4.74 Å². The summed E-state index contributed by atoms with van der Waals surface area (Å²) in [5.74, 6) is -0.691. The fraction of sp³-hybridized carbons (Fsp3) is 0.550. The van der Waals surface area contributed by atoms with Crippen LogP contribution in [0, 0.1) is 23.7 Å². The minimum absolute atomic E-state index is 0.111. The van der Waals surface area contributed by atoms with E-state index in [0.29, 0.717) is 17.9 Å². The molecule has 0 unspecified atom stereocenters. The number of benzene rings is 1. The summed E-state index contributed by atoms with van der Waals surface area (Å²) in [6, 6.07) is 6.56. The van der Waals surface area contributed by atoms with Gasteiger partial charge in [0.1, 0.15) is 0 Å². The molecular weight excluding hydrogens is 478 g/mol. The standard InChI is InChI=1S/C20H21Br2NO4/c1-2-3-8-27-20(26)10-4-6-11(7-5-10)23-18(24)14-12-9-13(15(14)19(23)25)17(22)16(12)21/h4-7,12-17H,2-3,8-9H2,1H3/t12-,13+,14+,15-,16+,17-. The smallest absolute Gasteiger partial charge is 0.338 e. The minimum atomic E-state index is -0.381.